The molecule has 5 aliphatic carbocycles. The number of carboxylic acids is 1. The smallest absolute Gasteiger partial charge is 0.312 e. The first-order valence-electron chi connectivity index (χ1n) is 17.6. The number of hydrogen-bond donors (Lipinski definition) is 8. The first-order valence-corrected chi connectivity index (χ1v) is 17.6. The summed E-state index contributed by atoms with van der Waals surface area (Å²) in [5.41, 5.74) is -2.31. The van der Waals surface area contributed by atoms with Crippen molar-refractivity contribution in [1.29, 1.82) is 0 Å². The lowest BCUT2D eigenvalue weighted by atomic mass is 9.33. The Labute approximate surface area is 278 Å². The van der Waals surface area contributed by atoms with Crippen LogP contribution in [0.3, 0.4) is 0 Å². The van der Waals surface area contributed by atoms with Crippen LogP contribution in [-0.4, -0.2) is 109 Å². The van der Waals surface area contributed by atoms with E-state index in [9.17, 15) is 45.6 Å². The Balaban J connectivity index is 1.36. The average molecular weight is 667 g/mol. The van der Waals surface area contributed by atoms with E-state index in [1.807, 2.05) is 6.92 Å². The van der Waals surface area contributed by atoms with Crippen molar-refractivity contribution >= 4 is 5.97 Å². The monoisotopic (exact) mass is 666 g/mol. The van der Waals surface area contributed by atoms with Gasteiger partial charge in [-0.3, -0.25) is 4.79 Å². The van der Waals surface area contributed by atoms with Crippen LogP contribution in [-0.2, 0) is 14.3 Å². The summed E-state index contributed by atoms with van der Waals surface area (Å²) in [4.78, 5) is 13.0. The van der Waals surface area contributed by atoms with Crippen molar-refractivity contribution in [3.8, 4) is 0 Å². The summed E-state index contributed by atoms with van der Waals surface area (Å²) in [5.74, 6) is -1.24. The van der Waals surface area contributed by atoms with Crippen molar-refractivity contribution in [2.75, 3.05) is 13.2 Å². The molecule has 0 spiro atoms. The quantitative estimate of drug-likeness (QED) is 0.158. The molecule has 0 aromatic rings. The van der Waals surface area contributed by atoms with E-state index in [1.54, 1.807) is 0 Å². The van der Waals surface area contributed by atoms with Gasteiger partial charge in [-0.05, 0) is 90.8 Å². The number of rotatable bonds is 5. The summed E-state index contributed by atoms with van der Waals surface area (Å²) >= 11 is 0. The van der Waals surface area contributed by atoms with Gasteiger partial charge in [0.1, 0.15) is 29.8 Å². The second kappa shape index (κ2) is 11.4. The number of allylic oxidation sites excluding steroid dienone is 2. The number of carboxylic acid groups (broad SMARTS) is 1. The number of aliphatic hydroxyl groups is 7. The van der Waals surface area contributed by atoms with Gasteiger partial charge in [0.05, 0.1) is 31.5 Å². The highest BCUT2D eigenvalue weighted by Gasteiger charge is 2.72. The fourth-order valence-corrected chi connectivity index (χ4v) is 12.4. The van der Waals surface area contributed by atoms with Crippen molar-refractivity contribution in [3.05, 3.63) is 11.6 Å². The fraction of sp³-hybridized carbons (Fsp3) is 0.917. The second-order valence-electron chi connectivity index (χ2n) is 18.0. The Kier molecular flexibility index (Phi) is 8.68. The third kappa shape index (κ3) is 4.74. The molecule has 1 heterocycles. The van der Waals surface area contributed by atoms with Crippen molar-refractivity contribution < 1.29 is 55.1 Å². The topological polar surface area (TPSA) is 197 Å². The molecule has 47 heavy (non-hydrogen) atoms. The van der Waals surface area contributed by atoms with Crippen molar-refractivity contribution in [3.63, 3.8) is 0 Å². The SMILES string of the molecule is CC1(C)CC[C@]2(C(=O)O)[C@H](O)C[C@]3(C)C(=CC[C@@H]4[C@@]5(C)C[C@H](O)[C@H](O[C@@H]6O[C@H](CO)[C@@H](O)[C@H](O)[C@H]6O)[C@@](C)(CO)[C@H]5CC[C@]43C)[C@H]2C1. The zero-order valence-corrected chi connectivity index (χ0v) is 28.8. The lowest BCUT2D eigenvalue weighted by molar-refractivity contribution is -0.345. The summed E-state index contributed by atoms with van der Waals surface area (Å²) in [6, 6.07) is 0. The minimum Gasteiger partial charge on any atom is -0.481 e. The molecule has 0 amide bonds. The van der Waals surface area contributed by atoms with Gasteiger partial charge in [-0.25, -0.2) is 0 Å². The van der Waals surface area contributed by atoms with E-state index >= 15 is 0 Å². The van der Waals surface area contributed by atoms with Crippen LogP contribution in [0.25, 0.3) is 0 Å². The number of hydrogen-bond acceptors (Lipinski definition) is 10. The molecule has 4 saturated carbocycles. The molecule has 1 saturated heterocycles. The molecular weight excluding hydrogens is 608 g/mol. The van der Waals surface area contributed by atoms with Gasteiger partial charge < -0.3 is 50.3 Å². The van der Waals surface area contributed by atoms with Crippen LogP contribution < -0.4 is 0 Å². The Morgan fingerprint density at radius 3 is 2.19 bits per heavy atom. The standard InChI is InChI=1S/C36H58O11/c1-31(2)11-12-36(30(44)45)19(13-31)18-7-8-23-32(3)14-20(39)28(47-29-27(43)26(42)25(41)21(16-37)46-29)33(4,17-38)22(32)9-10-34(23,5)35(18,6)15-24(36)40/h7,19-29,37-43H,8-17H2,1-6H3,(H,44,45)/t19-,20+,21-,22+,23-,24-,25-,26+,27-,28+,29+,32+,33+,34-,35-,36-/m1/s1. The van der Waals surface area contributed by atoms with Crippen LogP contribution in [0.1, 0.15) is 92.9 Å². The van der Waals surface area contributed by atoms with Crippen molar-refractivity contribution in [1.82, 2.24) is 0 Å². The molecule has 0 unspecified atom stereocenters. The zero-order chi connectivity index (χ0) is 34.7. The Morgan fingerprint density at radius 2 is 1.57 bits per heavy atom. The summed E-state index contributed by atoms with van der Waals surface area (Å²) < 4.78 is 11.9. The molecule has 0 bridgehead atoms. The van der Waals surface area contributed by atoms with Crippen LogP contribution in [0.5, 0.6) is 0 Å². The van der Waals surface area contributed by atoms with Gasteiger partial charge in [0.2, 0.25) is 0 Å². The van der Waals surface area contributed by atoms with E-state index in [4.69, 9.17) is 9.47 Å². The first kappa shape index (κ1) is 35.7. The number of carbonyl (C=O) groups is 1. The largest absolute Gasteiger partial charge is 0.481 e. The third-order valence-corrected chi connectivity index (χ3v) is 15.3. The first-order chi connectivity index (χ1) is 21.8. The molecule has 6 aliphatic rings. The van der Waals surface area contributed by atoms with Gasteiger partial charge in [-0.2, -0.15) is 0 Å². The number of aliphatic hydroxyl groups excluding tert-OH is 7. The van der Waals surface area contributed by atoms with Crippen LogP contribution in [0.2, 0.25) is 0 Å². The predicted octanol–water partition coefficient (Wildman–Crippen LogP) is 1.97. The van der Waals surface area contributed by atoms with Crippen LogP contribution in [0.4, 0.5) is 0 Å². The van der Waals surface area contributed by atoms with E-state index in [0.717, 1.165) is 12.8 Å². The van der Waals surface area contributed by atoms with Crippen LogP contribution in [0, 0.1) is 50.2 Å². The minimum absolute atomic E-state index is 0.0454. The molecule has 8 N–H and O–H groups in total. The maximum atomic E-state index is 13.0. The molecule has 11 heteroatoms. The van der Waals surface area contributed by atoms with E-state index < -0.39 is 83.3 Å². The highest BCUT2D eigenvalue weighted by Crippen LogP contribution is 2.76. The predicted molar refractivity (Wildman–Crippen MR) is 170 cm³/mol. The van der Waals surface area contributed by atoms with E-state index in [-0.39, 0.29) is 35.2 Å². The normalized spacial score (nSPS) is 55.5. The summed E-state index contributed by atoms with van der Waals surface area (Å²) in [7, 11) is 0. The highest BCUT2D eigenvalue weighted by atomic mass is 16.7. The molecule has 1 aliphatic heterocycles. The van der Waals surface area contributed by atoms with Crippen LogP contribution >= 0.6 is 0 Å². The van der Waals surface area contributed by atoms with E-state index in [1.165, 1.54) is 5.57 Å². The fourth-order valence-electron chi connectivity index (χ4n) is 12.4. The molecular formula is C36H58O11. The van der Waals surface area contributed by atoms with Gasteiger partial charge in [0.25, 0.3) is 0 Å². The van der Waals surface area contributed by atoms with E-state index in [0.29, 0.717) is 38.5 Å². The molecule has 16 atom stereocenters. The maximum absolute atomic E-state index is 13.0. The molecule has 0 aromatic heterocycles. The van der Waals surface area contributed by atoms with Crippen molar-refractivity contribution in [2.24, 2.45) is 50.2 Å². The lowest BCUT2D eigenvalue weighted by Gasteiger charge is -2.72. The van der Waals surface area contributed by atoms with Gasteiger partial charge in [0.15, 0.2) is 6.29 Å². The van der Waals surface area contributed by atoms with Gasteiger partial charge >= 0.3 is 5.97 Å². The Morgan fingerprint density at radius 1 is 0.894 bits per heavy atom. The number of fused-ring (bicyclic) bond motifs is 7. The second-order valence-corrected chi connectivity index (χ2v) is 18.0. The molecule has 5 fully saturated rings. The van der Waals surface area contributed by atoms with Crippen LogP contribution in [0.15, 0.2) is 11.6 Å². The summed E-state index contributed by atoms with van der Waals surface area (Å²) in [6.45, 7) is 12.1. The molecule has 0 radical (unpaired) electrons. The number of aliphatic carboxylic acids is 1. The maximum Gasteiger partial charge on any atom is 0.312 e. The van der Waals surface area contributed by atoms with E-state index in [2.05, 4.69) is 40.7 Å². The average Bonchev–Trinajstić information content (AvgIpc) is 2.98. The summed E-state index contributed by atoms with van der Waals surface area (Å²) in [6.07, 6.45) is -3.39. The van der Waals surface area contributed by atoms with Crippen molar-refractivity contribution in [2.45, 2.75) is 142 Å². The lowest BCUT2D eigenvalue weighted by Crippen LogP contribution is -2.70. The van der Waals surface area contributed by atoms with Gasteiger partial charge in [-0.1, -0.05) is 53.2 Å². The molecule has 6 rings (SSSR count). The Hall–Kier alpha value is -1.15. The number of ether oxygens (including phenoxy) is 2. The third-order valence-electron chi connectivity index (χ3n) is 15.3. The van der Waals surface area contributed by atoms with Gasteiger partial charge in [-0.15, -0.1) is 0 Å². The summed E-state index contributed by atoms with van der Waals surface area (Å²) in [5, 5.41) is 86.5. The molecule has 0 aromatic carbocycles. The Bertz CT molecular complexity index is 1270. The molecule has 268 valence electrons. The minimum atomic E-state index is -1.63. The zero-order valence-electron chi connectivity index (χ0n) is 28.8. The highest BCUT2D eigenvalue weighted by molar-refractivity contribution is 5.77. The van der Waals surface area contributed by atoms with Gasteiger partial charge in [0, 0.05) is 5.41 Å². The molecule has 11 nitrogen and oxygen atoms in total.